The minimum Gasteiger partial charge on any atom is -0.383 e. The average Bonchev–Trinajstić information content (AvgIpc) is 2.98. The van der Waals surface area contributed by atoms with Gasteiger partial charge in [0.25, 0.3) is 0 Å². The molecule has 1 fully saturated rings. The molecule has 2 rings (SSSR count). The summed E-state index contributed by atoms with van der Waals surface area (Å²) >= 11 is 5.75. The van der Waals surface area contributed by atoms with Crippen molar-refractivity contribution < 1.29 is 17.9 Å². The highest BCUT2D eigenvalue weighted by molar-refractivity contribution is 7.89. The summed E-state index contributed by atoms with van der Waals surface area (Å²) in [6, 6.07) is 1.28. The predicted molar refractivity (Wildman–Crippen MR) is 83.3 cm³/mol. The lowest BCUT2D eigenvalue weighted by Gasteiger charge is -2.11. The standard InChI is InChI=1S/C13H20ClN3O4S/c14-10-7-12(13(15)16-8-10)22(18,19)17-4-2-5-20-9-11-3-1-6-21-11/h7-8,11,17H,1-6,9H2,(H2,15,16). The lowest BCUT2D eigenvalue weighted by molar-refractivity contribution is 0.0169. The maximum atomic E-state index is 12.1. The van der Waals surface area contributed by atoms with Crippen LogP contribution in [0.15, 0.2) is 17.2 Å². The van der Waals surface area contributed by atoms with E-state index in [4.69, 9.17) is 26.8 Å². The van der Waals surface area contributed by atoms with Crippen molar-refractivity contribution in [2.75, 3.05) is 32.1 Å². The van der Waals surface area contributed by atoms with Gasteiger partial charge in [-0.3, -0.25) is 0 Å². The molecule has 1 aliphatic heterocycles. The van der Waals surface area contributed by atoms with E-state index in [0.717, 1.165) is 19.4 Å². The minimum absolute atomic E-state index is 0.0773. The van der Waals surface area contributed by atoms with E-state index in [-0.39, 0.29) is 28.4 Å². The molecule has 2 heterocycles. The Labute approximate surface area is 135 Å². The Morgan fingerprint density at radius 3 is 3.09 bits per heavy atom. The van der Waals surface area contributed by atoms with Gasteiger partial charge >= 0.3 is 0 Å². The van der Waals surface area contributed by atoms with Gasteiger partial charge in [-0.15, -0.1) is 0 Å². The van der Waals surface area contributed by atoms with Crippen molar-refractivity contribution in [1.82, 2.24) is 9.71 Å². The lowest BCUT2D eigenvalue weighted by atomic mass is 10.2. The summed E-state index contributed by atoms with van der Waals surface area (Å²) in [5, 5.41) is 0.217. The number of nitrogens with one attached hydrogen (secondary N) is 1. The molecule has 1 unspecified atom stereocenters. The van der Waals surface area contributed by atoms with Gasteiger partial charge < -0.3 is 15.2 Å². The number of anilines is 1. The number of nitrogens with two attached hydrogens (primary N) is 1. The van der Waals surface area contributed by atoms with Crippen LogP contribution in [-0.2, 0) is 19.5 Å². The van der Waals surface area contributed by atoms with Crippen LogP contribution in [0, 0.1) is 0 Å². The molecule has 0 aliphatic carbocycles. The van der Waals surface area contributed by atoms with Crippen LogP contribution in [0.25, 0.3) is 0 Å². The lowest BCUT2D eigenvalue weighted by Crippen LogP contribution is -2.27. The average molecular weight is 350 g/mol. The van der Waals surface area contributed by atoms with Gasteiger partial charge in [0.1, 0.15) is 10.7 Å². The highest BCUT2D eigenvalue weighted by Crippen LogP contribution is 2.19. The third-order valence-corrected chi connectivity index (χ3v) is 4.92. The normalized spacial score (nSPS) is 18.7. The van der Waals surface area contributed by atoms with Gasteiger partial charge in [-0.25, -0.2) is 18.1 Å². The molecule has 0 aromatic carbocycles. The van der Waals surface area contributed by atoms with Crippen molar-refractivity contribution >= 4 is 27.4 Å². The van der Waals surface area contributed by atoms with Crippen molar-refractivity contribution in [3.63, 3.8) is 0 Å². The number of ether oxygens (including phenoxy) is 2. The van der Waals surface area contributed by atoms with Gasteiger partial charge in [0.2, 0.25) is 10.0 Å². The first-order valence-electron chi connectivity index (χ1n) is 7.09. The molecular weight excluding hydrogens is 330 g/mol. The highest BCUT2D eigenvalue weighted by atomic mass is 35.5. The number of rotatable bonds is 8. The number of pyridine rings is 1. The largest absolute Gasteiger partial charge is 0.383 e. The molecular formula is C13H20ClN3O4S. The fourth-order valence-corrected chi connectivity index (χ4v) is 3.50. The molecule has 0 amide bonds. The number of hydrogen-bond donors (Lipinski definition) is 2. The fourth-order valence-electron chi connectivity index (χ4n) is 2.10. The maximum Gasteiger partial charge on any atom is 0.244 e. The zero-order chi connectivity index (χ0) is 16.0. The Morgan fingerprint density at radius 2 is 2.36 bits per heavy atom. The molecule has 22 heavy (non-hydrogen) atoms. The molecule has 0 radical (unpaired) electrons. The molecule has 0 saturated carbocycles. The van der Waals surface area contributed by atoms with Crippen LogP contribution in [0.2, 0.25) is 5.02 Å². The summed E-state index contributed by atoms with van der Waals surface area (Å²) in [4.78, 5) is 3.62. The summed E-state index contributed by atoms with van der Waals surface area (Å²) in [7, 11) is -3.72. The number of aromatic nitrogens is 1. The van der Waals surface area contributed by atoms with E-state index >= 15 is 0 Å². The second-order valence-corrected chi connectivity index (χ2v) is 7.17. The molecule has 1 atom stereocenters. The third-order valence-electron chi connectivity index (χ3n) is 3.22. The first-order valence-corrected chi connectivity index (χ1v) is 8.95. The molecule has 124 valence electrons. The quantitative estimate of drug-likeness (QED) is 0.683. The zero-order valence-corrected chi connectivity index (χ0v) is 13.7. The molecule has 0 spiro atoms. The summed E-state index contributed by atoms with van der Waals surface area (Å²) < 4.78 is 37.5. The SMILES string of the molecule is Nc1ncc(Cl)cc1S(=O)(=O)NCCCOCC1CCCO1. The minimum atomic E-state index is -3.72. The Bertz CT molecular complexity index is 591. The molecule has 1 aromatic heterocycles. The van der Waals surface area contributed by atoms with E-state index in [9.17, 15) is 8.42 Å². The Hall–Kier alpha value is -0.930. The van der Waals surface area contributed by atoms with Crippen LogP contribution in [0.5, 0.6) is 0 Å². The Kier molecular flexibility index (Phi) is 6.39. The molecule has 1 saturated heterocycles. The summed E-state index contributed by atoms with van der Waals surface area (Å²) in [5.41, 5.74) is 5.57. The van der Waals surface area contributed by atoms with Crippen molar-refractivity contribution in [2.45, 2.75) is 30.3 Å². The van der Waals surface area contributed by atoms with E-state index in [0.29, 0.717) is 19.6 Å². The number of halogens is 1. The summed E-state index contributed by atoms with van der Waals surface area (Å²) in [6.07, 6.45) is 4.12. The van der Waals surface area contributed by atoms with Gasteiger partial charge in [-0.1, -0.05) is 11.6 Å². The van der Waals surface area contributed by atoms with Crippen LogP contribution in [0.3, 0.4) is 0 Å². The van der Waals surface area contributed by atoms with E-state index < -0.39 is 10.0 Å². The molecule has 7 nitrogen and oxygen atoms in total. The number of sulfonamides is 1. The van der Waals surface area contributed by atoms with E-state index in [1.807, 2.05) is 0 Å². The molecule has 0 bridgehead atoms. The molecule has 3 N–H and O–H groups in total. The van der Waals surface area contributed by atoms with Crippen molar-refractivity contribution in [3.05, 3.63) is 17.3 Å². The number of nitrogens with zero attached hydrogens (tertiary/aromatic N) is 1. The van der Waals surface area contributed by atoms with Gasteiger partial charge in [-0.2, -0.15) is 0 Å². The highest BCUT2D eigenvalue weighted by Gasteiger charge is 2.18. The molecule has 1 aliphatic rings. The predicted octanol–water partition coefficient (Wildman–Crippen LogP) is 1.18. The summed E-state index contributed by atoms with van der Waals surface area (Å²) in [5.74, 6) is -0.0773. The van der Waals surface area contributed by atoms with Gasteiger partial charge in [0.15, 0.2) is 0 Å². The van der Waals surface area contributed by atoms with Crippen molar-refractivity contribution in [1.29, 1.82) is 0 Å². The first-order chi connectivity index (χ1) is 10.5. The van der Waals surface area contributed by atoms with Crippen LogP contribution in [0.4, 0.5) is 5.82 Å². The second-order valence-electron chi connectivity index (χ2n) is 5.00. The van der Waals surface area contributed by atoms with Crippen LogP contribution in [-0.4, -0.2) is 45.9 Å². The van der Waals surface area contributed by atoms with E-state index in [2.05, 4.69) is 9.71 Å². The topological polar surface area (TPSA) is 104 Å². The van der Waals surface area contributed by atoms with Crippen LogP contribution >= 0.6 is 11.6 Å². The van der Waals surface area contributed by atoms with E-state index in [1.165, 1.54) is 12.3 Å². The first kappa shape index (κ1) is 17.4. The Morgan fingerprint density at radius 1 is 1.55 bits per heavy atom. The third kappa shape index (κ3) is 5.06. The van der Waals surface area contributed by atoms with Crippen molar-refractivity contribution in [2.24, 2.45) is 0 Å². The van der Waals surface area contributed by atoms with Gasteiger partial charge in [0, 0.05) is 26.0 Å². The smallest absolute Gasteiger partial charge is 0.244 e. The van der Waals surface area contributed by atoms with Gasteiger partial charge in [0.05, 0.1) is 17.7 Å². The van der Waals surface area contributed by atoms with Crippen LogP contribution in [0.1, 0.15) is 19.3 Å². The summed E-state index contributed by atoms with van der Waals surface area (Å²) in [6.45, 7) is 2.06. The second kappa shape index (κ2) is 8.07. The van der Waals surface area contributed by atoms with E-state index in [1.54, 1.807) is 0 Å². The van der Waals surface area contributed by atoms with Crippen LogP contribution < -0.4 is 10.5 Å². The molecule has 9 heteroatoms. The number of nitrogen functional groups attached to an aromatic ring is 1. The number of hydrogen-bond acceptors (Lipinski definition) is 6. The fraction of sp³-hybridized carbons (Fsp3) is 0.615. The monoisotopic (exact) mass is 349 g/mol. The zero-order valence-electron chi connectivity index (χ0n) is 12.1. The molecule has 1 aromatic rings. The van der Waals surface area contributed by atoms with Gasteiger partial charge in [-0.05, 0) is 25.3 Å². The maximum absolute atomic E-state index is 12.1. The van der Waals surface area contributed by atoms with Crippen molar-refractivity contribution in [3.8, 4) is 0 Å². The Balaban J connectivity index is 1.72.